The fraction of sp³-hybridized carbons (Fsp3) is 1.00. The van der Waals surface area contributed by atoms with Gasteiger partial charge in [-0.1, -0.05) is 13.3 Å². The third-order valence-electron chi connectivity index (χ3n) is 3.46. The Labute approximate surface area is 113 Å². The summed E-state index contributed by atoms with van der Waals surface area (Å²) in [6.45, 7) is 5.96. The number of thioether (sulfide) groups is 3. The molecule has 2 fully saturated rings. The van der Waals surface area contributed by atoms with Crippen LogP contribution in [-0.2, 0) is 0 Å². The smallest absolute Gasteiger partial charge is 0.0646 e. The third kappa shape index (κ3) is 3.27. The molecule has 1 nitrogen and oxygen atoms in total. The van der Waals surface area contributed by atoms with Crippen LogP contribution >= 0.6 is 35.3 Å². The minimum absolute atomic E-state index is 0.418. The van der Waals surface area contributed by atoms with E-state index in [9.17, 15) is 0 Å². The molecule has 1 unspecified atom stereocenters. The standard InChI is InChI=1S/C12H23NS3/c1-3-4-12(13-7-8-16-12)6-5-11(2)14-9-10-15-11/h13H,3-10H2,1-2H3. The summed E-state index contributed by atoms with van der Waals surface area (Å²) in [4.78, 5) is 0.418. The molecular weight excluding hydrogens is 254 g/mol. The summed E-state index contributed by atoms with van der Waals surface area (Å²) in [5.74, 6) is 4.00. The van der Waals surface area contributed by atoms with Crippen molar-refractivity contribution in [3.8, 4) is 0 Å². The number of nitrogens with one attached hydrogen (secondary N) is 1. The number of hydrogen-bond donors (Lipinski definition) is 1. The van der Waals surface area contributed by atoms with Crippen molar-refractivity contribution in [2.24, 2.45) is 0 Å². The topological polar surface area (TPSA) is 12.0 Å². The van der Waals surface area contributed by atoms with Gasteiger partial charge < -0.3 is 5.32 Å². The van der Waals surface area contributed by atoms with Gasteiger partial charge >= 0.3 is 0 Å². The maximum atomic E-state index is 3.76. The normalized spacial score (nSPS) is 33.4. The molecule has 16 heavy (non-hydrogen) atoms. The Morgan fingerprint density at radius 1 is 1.00 bits per heavy atom. The van der Waals surface area contributed by atoms with E-state index >= 15 is 0 Å². The van der Waals surface area contributed by atoms with E-state index in [0.29, 0.717) is 8.95 Å². The Balaban J connectivity index is 1.86. The summed E-state index contributed by atoms with van der Waals surface area (Å²) in [6.07, 6.45) is 5.35. The first-order chi connectivity index (χ1) is 7.68. The van der Waals surface area contributed by atoms with Crippen molar-refractivity contribution in [2.75, 3.05) is 23.8 Å². The van der Waals surface area contributed by atoms with E-state index in [-0.39, 0.29) is 0 Å². The molecule has 0 spiro atoms. The van der Waals surface area contributed by atoms with E-state index in [1.54, 1.807) is 0 Å². The van der Waals surface area contributed by atoms with Gasteiger partial charge in [-0.25, -0.2) is 0 Å². The molecule has 2 saturated heterocycles. The van der Waals surface area contributed by atoms with E-state index in [2.05, 4.69) is 54.4 Å². The first kappa shape index (κ1) is 13.4. The number of hydrogen-bond acceptors (Lipinski definition) is 4. The summed E-state index contributed by atoms with van der Waals surface area (Å²) >= 11 is 6.51. The van der Waals surface area contributed by atoms with Crippen LogP contribution in [0.5, 0.6) is 0 Å². The van der Waals surface area contributed by atoms with E-state index < -0.39 is 0 Å². The van der Waals surface area contributed by atoms with Crippen LogP contribution < -0.4 is 5.32 Å². The molecule has 0 radical (unpaired) electrons. The van der Waals surface area contributed by atoms with Gasteiger partial charge in [0.1, 0.15) is 0 Å². The second-order valence-corrected chi connectivity index (χ2v) is 9.78. The van der Waals surface area contributed by atoms with Gasteiger partial charge in [-0.3, -0.25) is 0 Å². The van der Waals surface area contributed by atoms with Crippen LogP contribution in [0.1, 0.15) is 39.5 Å². The molecule has 94 valence electrons. The summed E-state index contributed by atoms with van der Waals surface area (Å²) in [7, 11) is 0. The average Bonchev–Trinajstić information content (AvgIpc) is 2.87. The molecule has 2 rings (SSSR count). The van der Waals surface area contributed by atoms with E-state index in [0.717, 1.165) is 0 Å². The van der Waals surface area contributed by atoms with Crippen LogP contribution in [-0.4, -0.2) is 32.8 Å². The van der Waals surface area contributed by atoms with Crippen molar-refractivity contribution in [2.45, 2.75) is 48.5 Å². The molecular formula is C12H23NS3. The highest BCUT2D eigenvalue weighted by molar-refractivity contribution is 8.21. The third-order valence-corrected chi connectivity index (χ3v) is 8.39. The quantitative estimate of drug-likeness (QED) is 0.820. The van der Waals surface area contributed by atoms with Crippen molar-refractivity contribution in [1.29, 1.82) is 0 Å². The second-order valence-electron chi connectivity index (χ2n) is 4.85. The van der Waals surface area contributed by atoms with Gasteiger partial charge in [0.2, 0.25) is 0 Å². The minimum atomic E-state index is 0.418. The molecule has 0 bridgehead atoms. The van der Waals surface area contributed by atoms with E-state index in [1.165, 1.54) is 49.5 Å². The molecule has 1 atom stereocenters. The van der Waals surface area contributed by atoms with Gasteiger partial charge in [0, 0.05) is 23.8 Å². The first-order valence-corrected chi connectivity index (χ1v) is 9.31. The summed E-state index contributed by atoms with van der Waals surface area (Å²) < 4.78 is 0.506. The molecule has 0 aromatic heterocycles. The average molecular weight is 278 g/mol. The maximum absolute atomic E-state index is 3.76. The molecule has 1 N–H and O–H groups in total. The maximum Gasteiger partial charge on any atom is 0.0646 e. The first-order valence-electron chi connectivity index (χ1n) is 6.35. The van der Waals surface area contributed by atoms with Gasteiger partial charge in [-0.15, -0.1) is 35.3 Å². The molecule has 2 aliphatic heterocycles. The molecule has 2 heterocycles. The van der Waals surface area contributed by atoms with Crippen molar-refractivity contribution >= 4 is 35.3 Å². The summed E-state index contributed by atoms with van der Waals surface area (Å²) in [6, 6.07) is 0. The van der Waals surface area contributed by atoms with E-state index in [1.807, 2.05) is 0 Å². The van der Waals surface area contributed by atoms with Crippen LogP contribution in [0.15, 0.2) is 0 Å². The Morgan fingerprint density at radius 3 is 2.31 bits per heavy atom. The largest absolute Gasteiger partial charge is 0.302 e. The highest BCUT2D eigenvalue weighted by Crippen LogP contribution is 2.49. The molecule has 0 aromatic rings. The van der Waals surface area contributed by atoms with Gasteiger partial charge in [-0.05, 0) is 26.2 Å². The zero-order chi connectivity index (χ0) is 11.5. The molecule has 0 amide bonds. The van der Waals surface area contributed by atoms with Gasteiger partial charge in [0.25, 0.3) is 0 Å². The van der Waals surface area contributed by atoms with Crippen LogP contribution in [0.25, 0.3) is 0 Å². The second kappa shape index (κ2) is 5.77. The van der Waals surface area contributed by atoms with Crippen LogP contribution in [0, 0.1) is 0 Å². The fourth-order valence-corrected chi connectivity index (χ4v) is 6.81. The Bertz CT molecular complexity index is 220. The Hall–Kier alpha value is 1.01. The Kier molecular flexibility index (Phi) is 4.84. The van der Waals surface area contributed by atoms with Crippen LogP contribution in [0.3, 0.4) is 0 Å². The van der Waals surface area contributed by atoms with Crippen molar-refractivity contribution in [3.63, 3.8) is 0 Å². The molecule has 0 aromatic carbocycles. The van der Waals surface area contributed by atoms with Gasteiger partial charge in [0.05, 0.1) is 8.95 Å². The monoisotopic (exact) mass is 277 g/mol. The molecule has 0 saturated carbocycles. The lowest BCUT2D eigenvalue weighted by atomic mass is 10.0. The van der Waals surface area contributed by atoms with Crippen molar-refractivity contribution in [1.82, 2.24) is 5.32 Å². The van der Waals surface area contributed by atoms with Crippen molar-refractivity contribution in [3.05, 3.63) is 0 Å². The van der Waals surface area contributed by atoms with Crippen LogP contribution in [0.4, 0.5) is 0 Å². The zero-order valence-corrected chi connectivity index (χ0v) is 12.8. The molecule has 4 heteroatoms. The molecule has 2 aliphatic rings. The minimum Gasteiger partial charge on any atom is -0.302 e. The summed E-state index contributed by atoms with van der Waals surface area (Å²) in [5, 5.41) is 3.76. The zero-order valence-electron chi connectivity index (χ0n) is 10.4. The Morgan fingerprint density at radius 2 is 1.75 bits per heavy atom. The predicted octanol–water partition coefficient (Wildman–Crippen LogP) is 3.80. The summed E-state index contributed by atoms with van der Waals surface area (Å²) in [5.41, 5.74) is 0. The fourth-order valence-electron chi connectivity index (χ4n) is 2.56. The van der Waals surface area contributed by atoms with Gasteiger partial charge in [0.15, 0.2) is 0 Å². The SMILES string of the molecule is CCCC1(CCC2(C)SCCS2)NCCS1. The lowest BCUT2D eigenvalue weighted by molar-refractivity contribution is 0.418. The van der Waals surface area contributed by atoms with Crippen LogP contribution in [0.2, 0.25) is 0 Å². The highest BCUT2D eigenvalue weighted by atomic mass is 32.2. The highest BCUT2D eigenvalue weighted by Gasteiger charge is 2.37. The predicted molar refractivity (Wildman–Crippen MR) is 80.7 cm³/mol. The molecule has 0 aliphatic carbocycles. The van der Waals surface area contributed by atoms with E-state index in [4.69, 9.17) is 0 Å². The number of rotatable bonds is 5. The van der Waals surface area contributed by atoms with Gasteiger partial charge in [-0.2, -0.15) is 0 Å². The van der Waals surface area contributed by atoms with Crippen molar-refractivity contribution < 1.29 is 0 Å². The lowest BCUT2D eigenvalue weighted by Crippen LogP contribution is -2.38. The lowest BCUT2D eigenvalue weighted by Gasteiger charge is -2.32.